The number of benzene rings is 1. The lowest BCUT2D eigenvalue weighted by molar-refractivity contribution is 0.692. The summed E-state index contributed by atoms with van der Waals surface area (Å²) >= 11 is 3.95. The van der Waals surface area contributed by atoms with Gasteiger partial charge in [-0.2, -0.15) is 0 Å². The van der Waals surface area contributed by atoms with E-state index in [1.807, 2.05) is 22.7 Å². The van der Waals surface area contributed by atoms with Crippen LogP contribution in [0.5, 0.6) is 0 Å². The maximum Gasteiger partial charge on any atom is 0.0391 e. The van der Waals surface area contributed by atoms with Crippen molar-refractivity contribution >= 4 is 30.2 Å². The third-order valence-electron chi connectivity index (χ3n) is 5.45. The van der Waals surface area contributed by atoms with E-state index in [0.29, 0.717) is 0 Å². The van der Waals surface area contributed by atoms with Crippen molar-refractivity contribution in [2.45, 2.75) is 39.5 Å². The topological polar surface area (TPSA) is 0 Å². The number of hydrogen-bond donors (Lipinski definition) is 0. The van der Waals surface area contributed by atoms with E-state index in [-0.39, 0.29) is 0 Å². The van der Waals surface area contributed by atoms with Crippen molar-refractivity contribution in [3.05, 3.63) is 75.5 Å². The van der Waals surface area contributed by atoms with Gasteiger partial charge in [0.1, 0.15) is 0 Å². The standard InChI is InChI=1S/C24H23PS2/c1-16-12-14-21(26-16)23-19-10-6-7-11-20(19)24(22-15-13-17(2)27-22)25(23)18-8-4-3-5-9-18/h3-5,8-9,12-15H,6-7,10-11H2,1-2H3. The fraction of sp³-hybridized carbons (Fsp3) is 0.250. The summed E-state index contributed by atoms with van der Waals surface area (Å²) in [5.74, 6) is 0. The van der Waals surface area contributed by atoms with Crippen LogP contribution in [0, 0.1) is 13.8 Å². The SMILES string of the molecule is Cc1ccc(-c2c3c(c(-c4ccc(C)s4)p2-c2ccccc2)CCCC3)s1. The highest BCUT2D eigenvalue weighted by molar-refractivity contribution is 7.64. The van der Waals surface area contributed by atoms with Crippen LogP contribution < -0.4 is 0 Å². The van der Waals surface area contributed by atoms with E-state index in [4.69, 9.17) is 0 Å². The molecule has 1 aliphatic carbocycles. The lowest BCUT2D eigenvalue weighted by Gasteiger charge is -2.14. The minimum Gasteiger partial charge on any atom is -0.140 e. The summed E-state index contributed by atoms with van der Waals surface area (Å²) < 4.78 is 0. The van der Waals surface area contributed by atoms with Gasteiger partial charge in [-0.05, 0) is 80.2 Å². The molecule has 1 aromatic carbocycles. The molecule has 3 heterocycles. The average molecular weight is 407 g/mol. The second kappa shape index (κ2) is 7.09. The first-order chi connectivity index (χ1) is 13.2. The molecule has 0 aliphatic heterocycles. The Balaban J connectivity index is 1.88. The summed E-state index contributed by atoms with van der Waals surface area (Å²) in [5.41, 5.74) is 3.36. The third-order valence-corrected chi connectivity index (χ3v) is 10.5. The summed E-state index contributed by atoms with van der Waals surface area (Å²) in [5, 5.41) is 4.82. The molecule has 5 rings (SSSR count). The summed E-state index contributed by atoms with van der Waals surface area (Å²) in [6, 6.07) is 20.6. The molecule has 3 aromatic heterocycles. The van der Waals surface area contributed by atoms with Crippen molar-refractivity contribution in [3.8, 4) is 25.6 Å². The zero-order valence-electron chi connectivity index (χ0n) is 15.8. The maximum atomic E-state index is 2.37. The molecule has 0 saturated heterocycles. The number of rotatable bonds is 3. The van der Waals surface area contributed by atoms with E-state index >= 15 is 0 Å². The molecule has 0 bridgehead atoms. The van der Waals surface area contributed by atoms with Crippen molar-refractivity contribution in [2.24, 2.45) is 0 Å². The number of hydrogen-bond acceptors (Lipinski definition) is 2. The first-order valence-corrected chi connectivity index (χ1v) is 12.7. The molecular formula is C24H23PS2. The normalized spacial score (nSPS) is 13.7. The van der Waals surface area contributed by atoms with Crippen LogP contribution in [0.15, 0.2) is 54.6 Å². The summed E-state index contributed by atoms with van der Waals surface area (Å²) in [4.78, 5) is 5.83. The molecule has 0 unspecified atom stereocenters. The van der Waals surface area contributed by atoms with Crippen LogP contribution >= 0.6 is 30.2 Å². The molecule has 0 N–H and O–H groups in total. The molecule has 3 heteroatoms. The molecular weight excluding hydrogens is 383 g/mol. The Hall–Kier alpha value is -1.60. The highest BCUT2D eigenvalue weighted by atomic mass is 32.1. The highest BCUT2D eigenvalue weighted by Gasteiger charge is 2.28. The number of fused-ring (bicyclic) bond motifs is 1. The summed E-state index contributed by atoms with van der Waals surface area (Å²) in [7, 11) is -0.463. The van der Waals surface area contributed by atoms with Gasteiger partial charge in [0, 0.05) is 30.1 Å². The monoisotopic (exact) mass is 406 g/mol. The van der Waals surface area contributed by atoms with Crippen LogP contribution in [0.3, 0.4) is 0 Å². The molecule has 0 saturated carbocycles. The van der Waals surface area contributed by atoms with E-state index in [9.17, 15) is 0 Å². The van der Waals surface area contributed by atoms with Crippen molar-refractivity contribution in [2.75, 3.05) is 0 Å². The average Bonchev–Trinajstić information content (AvgIpc) is 3.39. The first kappa shape index (κ1) is 17.5. The van der Waals surface area contributed by atoms with Crippen molar-refractivity contribution < 1.29 is 0 Å². The Labute approximate surface area is 170 Å². The fourth-order valence-corrected chi connectivity index (χ4v) is 9.62. The molecule has 4 aromatic rings. The second-order valence-electron chi connectivity index (χ2n) is 7.35. The van der Waals surface area contributed by atoms with E-state index < -0.39 is 7.53 Å². The minimum atomic E-state index is -0.463. The molecule has 0 radical (unpaired) electrons. The summed E-state index contributed by atoms with van der Waals surface area (Å²) in [6.07, 6.45) is 5.17. The van der Waals surface area contributed by atoms with Crippen LogP contribution in [-0.2, 0) is 12.8 Å². The third kappa shape index (κ3) is 3.05. The van der Waals surface area contributed by atoms with Crippen molar-refractivity contribution in [1.29, 1.82) is 0 Å². The van der Waals surface area contributed by atoms with Gasteiger partial charge < -0.3 is 0 Å². The minimum absolute atomic E-state index is 0.463. The molecule has 0 nitrogen and oxygen atoms in total. The highest BCUT2D eigenvalue weighted by Crippen LogP contribution is 2.63. The lowest BCUT2D eigenvalue weighted by Crippen LogP contribution is -2.00. The number of thiophene rings is 2. The molecule has 27 heavy (non-hydrogen) atoms. The van der Waals surface area contributed by atoms with Crippen LogP contribution in [-0.4, -0.2) is 0 Å². The molecule has 0 fully saturated rings. The Bertz CT molecular complexity index is 1030. The second-order valence-corrected chi connectivity index (χ2v) is 12.0. The molecule has 1 aliphatic rings. The molecule has 0 spiro atoms. The van der Waals surface area contributed by atoms with E-state index in [2.05, 4.69) is 68.4 Å². The predicted octanol–water partition coefficient (Wildman–Crippen LogP) is 8.62. The summed E-state index contributed by atoms with van der Waals surface area (Å²) in [6.45, 7) is 4.47. The van der Waals surface area contributed by atoms with Gasteiger partial charge in [-0.3, -0.25) is 0 Å². The Morgan fingerprint density at radius 2 is 1.19 bits per heavy atom. The Morgan fingerprint density at radius 1 is 0.667 bits per heavy atom. The first-order valence-electron chi connectivity index (χ1n) is 9.68. The Kier molecular flexibility index (Phi) is 4.60. The smallest absolute Gasteiger partial charge is 0.0391 e. The van der Waals surface area contributed by atoms with E-state index in [1.54, 1.807) is 21.7 Å². The maximum absolute atomic E-state index is 2.37. The zero-order valence-corrected chi connectivity index (χ0v) is 18.3. The predicted molar refractivity (Wildman–Crippen MR) is 123 cm³/mol. The zero-order chi connectivity index (χ0) is 18.4. The van der Waals surface area contributed by atoms with Crippen LogP contribution in [0.4, 0.5) is 0 Å². The van der Waals surface area contributed by atoms with Gasteiger partial charge in [0.2, 0.25) is 0 Å². The van der Waals surface area contributed by atoms with Crippen LogP contribution in [0.25, 0.3) is 25.6 Å². The van der Waals surface area contributed by atoms with E-state index in [1.165, 1.54) is 50.5 Å². The van der Waals surface area contributed by atoms with Crippen molar-refractivity contribution in [1.82, 2.24) is 0 Å². The van der Waals surface area contributed by atoms with Gasteiger partial charge in [-0.15, -0.1) is 22.7 Å². The quantitative estimate of drug-likeness (QED) is 0.319. The molecule has 0 atom stereocenters. The fourth-order valence-electron chi connectivity index (χ4n) is 4.29. The molecule has 0 amide bonds. The van der Waals surface area contributed by atoms with Gasteiger partial charge in [0.05, 0.1) is 0 Å². The van der Waals surface area contributed by atoms with Gasteiger partial charge in [0.25, 0.3) is 0 Å². The van der Waals surface area contributed by atoms with Gasteiger partial charge in [-0.1, -0.05) is 37.9 Å². The van der Waals surface area contributed by atoms with Crippen LogP contribution in [0.1, 0.15) is 33.7 Å². The largest absolute Gasteiger partial charge is 0.140 e. The lowest BCUT2D eigenvalue weighted by atomic mass is 9.91. The number of aryl methyl sites for hydroxylation is 2. The van der Waals surface area contributed by atoms with Gasteiger partial charge >= 0.3 is 0 Å². The van der Waals surface area contributed by atoms with Gasteiger partial charge in [-0.25, -0.2) is 0 Å². The van der Waals surface area contributed by atoms with Crippen molar-refractivity contribution in [3.63, 3.8) is 0 Å². The van der Waals surface area contributed by atoms with Crippen LogP contribution in [0.2, 0.25) is 0 Å². The van der Waals surface area contributed by atoms with E-state index in [0.717, 1.165) is 0 Å². The Morgan fingerprint density at radius 3 is 1.63 bits per heavy atom. The van der Waals surface area contributed by atoms with Gasteiger partial charge in [0.15, 0.2) is 0 Å². The molecule has 136 valence electrons.